The van der Waals surface area contributed by atoms with Gasteiger partial charge < -0.3 is 50.0 Å². The zero-order valence-electron chi connectivity index (χ0n) is 34.8. The summed E-state index contributed by atoms with van der Waals surface area (Å²) in [6.45, 7) is 4.47. The molecule has 2 fully saturated rings. The summed E-state index contributed by atoms with van der Waals surface area (Å²) in [6, 6.07) is 10.8. The van der Waals surface area contributed by atoms with Gasteiger partial charge in [-0.2, -0.15) is 13.2 Å². The molecule has 4 amide bonds. The van der Waals surface area contributed by atoms with E-state index in [4.69, 9.17) is 18.9 Å². The molecule has 3 atom stereocenters. The minimum atomic E-state index is -4.54. The van der Waals surface area contributed by atoms with Crippen LogP contribution in [0.4, 0.5) is 24.8 Å². The molecular weight excluding hydrogens is 830 g/mol. The molecule has 2 aliphatic rings. The molecule has 0 saturated carbocycles. The maximum absolute atomic E-state index is 13.3. The summed E-state index contributed by atoms with van der Waals surface area (Å²) in [5.74, 6) is -0.809. The van der Waals surface area contributed by atoms with E-state index in [-0.39, 0.29) is 60.2 Å². The molecule has 4 aromatic rings. The molecule has 5 heterocycles. The number of likely N-dealkylation sites (tertiary alicyclic amines) is 2. The Hall–Kier alpha value is -6.03. The number of ether oxygens (including phenoxy) is 4. The van der Waals surface area contributed by atoms with Gasteiger partial charge in [0.15, 0.2) is 0 Å². The van der Waals surface area contributed by atoms with Crippen LogP contribution < -0.4 is 21.3 Å². The number of pyridine rings is 2. The fourth-order valence-electron chi connectivity index (χ4n) is 7.16. The third-order valence-corrected chi connectivity index (χ3v) is 10.4. The zero-order chi connectivity index (χ0) is 44.6. The van der Waals surface area contributed by atoms with Crippen molar-refractivity contribution in [2.45, 2.75) is 31.1 Å². The van der Waals surface area contributed by atoms with Crippen molar-refractivity contribution in [2.75, 3.05) is 103 Å². The maximum atomic E-state index is 13.3. The van der Waals surface area contributed by atoms with Crippen molar-refractivity contribution in [1.29, 1.82) is 0 Å². The number of aromatic nitrogens is 4. The van der Waals surface area contributed by atoms with E-state index < -0.39 is 29.6 Å². The number of anilines is 2. The van der Waals surface area contributed by atoms with Crippen LogP contribution in [0.15, 0.2) is 67.3 Å². The summed E-state index contributed by atoms with van der Waals surface area (Å²) in [6.07, 6.45) is 0.576. The monoisotopic (exact) mass is 880 g/mol. The molecule has 18 nitrogen and oxygen atoms in total. The van der Waals surface area contributed by atoms with Crippen LogP contribution in [0, 0.1) is 5.92 Å². The van der Waals surface area contributed by atoms with Gasteiger partial charge in [-0.25, -0.2) is 15.0 Å². The van der Waals surface area contributed by atoms with Crippen molar-refractivity contribution in [2.24, 2.45) is 5.92 Å². The Morgan fingerprint density at radius 2 is 1.59 bits per heavy atom. The predicted octanol–water partition coefficient (Wildman–Crippen LogP) is 2.70. The van der Waals surface area contributed by atoms with Crippen molar-refractivity contribution >= 4 is 46.2 Å². The summed E-state index contributed by atoms with van der Waals surface area (Å²) >= 11 is 0. The summed E-state index contributed by atoms with van der Waals surface area (Å²) in [5, 5.41) is 11.9. The number of rotatable bonds is 24. The van der Waals surface area contributed by atoms with E-state index in [0.29, 0.717) is 90.2 Å². The van der Waals surface area contributed by atoms with Gasteiger partial charge in [-0.15, -0.1) is 0 Å². The maximum Gasteiger partial charge on any atom is 0.416 e. The van der Waals surface area contributed by atoms with E-state index in [9.17, 15) is 32.3 Å². The summed E-state index contributed by atoms with van der Waals surface area (Å²) in [7, 11) is 1.70. The number of amides is 4. The number of carbonyl (C=O) groups excluding carboxylic acids is 4. The number of nitrogens with one attached hydrogen (secondary N) is 4. The molecule has 63 heavy (non-hydrogen) atoms. The molecule has 4 N–H and O–H groups in total. The molecule has 1 aromatic carbocycles. The SMILES string of the molecule is CN1C(=O)C[C@H](C(=O)NCCOCCOCCOCCOCCNc2cccc(C(=O)NCCN3CC[C@H](Nc4ncnc5ccc(C(F)(F)F)cc45)C3=O)n2)[C@H]1c1cccnc1. The molecule has 0 unspecified atom stereocenters. The largest absolute Gasteiger partial charge is 0.416 e. The van der Waals surface area contributed by atoms with Gasteiger partial charge in [-0.05, 0) is 48.4 Å². The quantitative estimate of drug-likeness (QED) is 0.0747. The number of hydrogen-bond donors (Lipinski definition) is 4. The van der Waals surface area contributed by atoms with Crippen molar-refractivity contribution in [3.63, 3.8) is 0 Å². The molecule has 0 spiro atoms. The number of benzene rings is 1. The van der Waals surface area contributed by atoms with Crippen molar-refractivity contribution in [3.05, 3.63) is 84.1 Å². The van der Waals surface area contributed by atoms with Crippen molar-refractivity contribution in [1.82, 2.24) is 40.4 Å². The molecule has 6 rings (SSSR count). The second-order valence-electron chi connectivity index (χ2n) is 14.6. The number of hydrogen-bond acceptors (Lipinski definition) is 14. The Balaban J connectivity index is 0.758. The van der Waals surface area contributed by atoms with E-state index in [2.05, 4.69) is 41.2 Å². The van der Waals surface area contributed by atoms with Gasteiger partial charge in [0, 0.05) is 64.0 Å². The van der Waals surface area contributed by atoms with Crippen LogP contribution in [-0.2, 0) is 39.5 Å². The number of carbonyl (C=O) groups is 4. The highest BCUT2D eigenvalue weighted by Crippen LogP contribution is 2.37. The minimum absolute atomic E-state index is 0.0805. The first-order chi connectivity index (χ1) is 30.5. The average Bonchev–Trinajstić information content (AvgIpc) is 3.78. The van der Waals surface area contributed by atoms with E-state index in [0.717, 1.165) is 17.7 Å². The third kappa shape index (κ3) is 13.2. The fourth-order valence-corrected chi connectivity index (χ4v) is 7.16. The van der Waals surface area contributed by atoms with Gasteiger partial charge in [0.05, 0.1) is 75.9 Å². The lowest BCUT2D eigenvalue weighted by Gasteiger charge is -2.24. The van der Waals surface area contributed by atoms with Gasteiger partial charge in [0.2, 0.25) is 17.7 Å². The second kappa shape index (κ2) is 22.9. The van der Waals surface area contributed by atoms with Crippen molar-refractivity contribution in [3.8, 4) is 0 Å². The fraction of sp³-hybridized carbons (Fsp3) is 0.476. The lowest BCUT2D eigenvalue weighted by molar-refractivity contribution is -0.137. The van der Waals surface area contributed by atoms with Crippen LogP contribution in [0.1, 0.15) is 40.5 Å². The van der Waals surface area contributed by atoms with Gasteiger partial charge >= 0.3 is 6.18 Å². The number of nitrogens with zero attached hydrogens (tertiary/aromatic N) is 6. The van der Waals surface area contributed by atoms with Crippen LogP contribution in [0.3, 0.4) is 0 Å². The van der Waals surface area contributed by atoms with Crippen molar-refractivity contribution < 1.29 is 51.3 Å². The Labute approximate surface area is 361 Å². The molecule has 0 bridgehead atoms. The smallest absolute Gasteiger partial charge is 0.377 e. The Morgan fingerprint density at radius 1 is 0.857 bits per heavy atom. The highest BCUT2D eigenvalue weighted by molar-refractivity contribution is 5.94. The van der Waals surface area contributed by atoms with Crippen LogP contribution in [0.2, 0.25) is 0 Å². The Kier molecular flexibility index (Phi) is 16.9. The van der Waals surface area contributed by atoms with E-state index in [1.807, 2.05) is 6.07 Å². The highest BCUT2D eigenvalue weighted by Gasteiger charge is 2.42. The van der Waals surface area contributed by atoms with Crippen LogP contribution in [0.25, 0.3) is 10.9 Å². The van der Waals surface area contributed by atoms with Crippen LogP contribution in [0.5, 0.6) is 0 Å². The summed E-state index contributed by atoms with van der Waals surface area (Å²) < 4.78 is 62.2. The third-order valence-electron chi connectivity index (χ3n) is 10.4. The van der Waals surface area contributed by atoms with Crippen LogP contribution >= 0.6 is 0 Å². The number of halogens is 3. The van der Waals surface area contributed by atoms with Gasteiger partial charge in [-0.3, -0.25) is 24.2 Å². The first-order valence-corrected chi connectivity index (χ1v) is 20.6. The molecule has 0 aliphatic carbocycles. The topological polar surface area (TPSA) is 211 Å². The average molecular weight is 881 g/mol. The summed E-state index contributed by atoms with van der Waals surface area (Å²) in [5.41, 5.74) is 0.493. The summed E-state index contributed by atoms with van der Waals surface area (Å²) in [4.78, 5) is 70.8. The first-order valence-electron chi connectivity index (χ1n) is 20.6. The molecule has 2 aliphatic heterocycles. The molecule has 21 heteroatoms. The molecule has 0 radical (unpaired) electrons. The van der Waals surface area contributed by atoms with E-state index in [1.54, 1.807) is 53.5 Å². The number of alkyl halides is 3. The molecular formula is C42H51F3N10O8. The van der Waals surface area contributed by atoms with Crippen LogP contribution in [-0.4, -0.2) is 152 Å². The predicted molar refractivity (Wildman–Crippen MR) is 222 cm³/mol. The molecule has 3 aromatic heterocycles. The lowest BCUT2D eigenvalue weighted by atomic mass is 9.94. The zero-order valence-corrected chi connectivity index (χ0v) is 34.8. The standard InChI is InChI=1S/C42H51F3N10O8/c1-54-36(56)25-31(37(54)28-4-3-10-46-26-28)39(57)49-13-17-61-19-21-63-23-22-62-20-18-60-16-12-47-35-6-2-5-33(52-35)40(58)48-11-15-55-14-9-34(41(55)59)53-38-30-24-29(42(43,44)45)7-8-32(30)50-27-51-38/h2-8,10,24,26-27,31,34,37H,9,11-23,25H2,1H3,(H,47,52)(H,48,58)(H,49,57)(H,50,51,53)/t31-,34-,37+/m0/s1. The highest BCUT2D eigenvalue weighted by atomic mass is 19.4. The van der Waals surface area contributed by atoms with E-state index in [1.165, 1.54) is 12.4 Å². The van der Waals surface area contributed by atoms with Gasteiger partial charge in [0.25, 0.3) is 5.91 Å². The minimum Gasteiger partial charge on any atom is -0.377 e. The Morgan fingerprint density at radius 3 is 2.30 bits per heavy atom. The van der Waals surface area contributed by atoms with Gasteiger partial charge in [0.1, 0.15) is 29.7 Å². The Bertz CT molecular complexity index is 2150. The molecule has 338 valence electrons. The first kappa shape index (κ1) is 46.5. The van der Waals surface area contributed by atoms with E-state index >= 15 is 0 Å². The lowest BCUT2D eigenvalue weighted by Crippen LogP contribution is -2.39. The second-order valence-corrected chi connectivity index (χ2v) is 14.6. The normalized spacial score (nSPS) is 17.7. The number of fused-ring (bicyclic) bond motifs is 1. The van der Waals surface area contributed by atoms with Gasteiger partial charge in [-0.1, -0.05) is 12.1 Å². The molecule has 2 saturated heterocycles.